The molecule has 0 amide bonds. The van der Waals surface area contributed by atoms with Gasteiger partial charge in [0, 0.05) is 6.07 Å². The molecule has 2 rings (SSSR count). The third-order valence-corrected chi connectivity index (χ3v) is 2.30. The van der Waals surface area contributed by atoms with E-state index >= 15 is 0 Å². The lowest BCUT2D eigenvalue weighted by molar-refractivity contribution is 0.384. The Morgan fingerprint density at radius 3 is 3.00 bits per heavy atom. The topological polar surface area (TPSA) is 89.9 Å². The molecule has 84 valence electrons. The molecule has 0 aliphatic rings. The van der Waals surface area contributed by atoms with Crippen molar-refractivity contribution < 1.29 is 4.52 Å². The van der Waals surface area contributed by atoms with E-state index < -0.39 is 0 Å². The van der Waals surface area contributed by atoms with E-state index in [1.54, 1.807) is 0 Å². The molecule has 0 aliphatic heterocycles. The highest BCUT2D eigenvalue weighted by Crippen LogP contribution is 2.23. The van der Waals surface area contributed by atoms with E-state index in [0.29, 0.717) is 23.1 Å². The first kappa shape index (κ1) is 10.7. The van der Waals surface area contributed by atoms with Crippen LogP contribution >= 0.6 is 11.6 Å². The molecule has 3 N–H and O–H groups in total. The first-order valence-corrected chi connectivity index (χ1v) is 4.96. The van der Waals surface area contributed by atoms with E-state index in [2.05, 4.69) is 20.4 Å². The monoisotopic (exact) mass is 239 g/mol. The maximum Gasteiger partial charge on any atom is 0.156 e. The third kappa shape index (κ3) is 2.22. The van der Waals surface area contributed by atoms with Crippen LogP contribution in [-0.4, -0.2) is 15.1 Å². The number of aromatic nitrogens is 3. The summed E-state index contributed by atoms with van der Waals surface area (Å²) in [5, 5.41) is 7.05. The number of halogens is 1. The van der Waals surface area contributed by atoms with E-state index in [-0.39, 0.29) is 5.82 Å². The summed E-state index contributed by atoms with van der Waals surface area (Å²) in [5.74, 6) is 1.42. The molecule has 0 fully saturated rings. The molecule has 0 bridgehead atoms. The van der Waals surface area contributed by atoms with E-state index in [0.717, 1.165) is 5.69 Å². The van der Waals surface area contributed by atoms with Gasteiger partial charge in [0.25, 0.3) is 0 Å². The second-order valence-electron chi connectivity index (χ2n) is 3.21. The summed E-state index contributed by atoms with van der Waals surface area (Å²) in [6.45, 7) is 2.29. The highest BCUT2D eigenvalue weighted by molar-refractivity contribution is 6.35. The zero-order valence-electron chi connectivity index (χ0n) is 8.57. The first-order valence-electron chi connectivity index (χ1n) is 4.59. The standard InChI is InChI=1S/C9H10ClN5O/c1-5-2-6(16-15-5)3-12-9-7(10)8(11)13-4-14-9/h2,4H,3H2,1H3,(H3,11,12,13,14). The number of rotatable bonds is 3. The van der Waals surface area contributed by atoms with Crippen LogP contribution in [0.1, 0.15) is 11.5 Å². The second-order valence-corrected chi connectivity index (χ2v) is 3.59. The van der Waals surface area contributed by atoms with Crippen molar-refractivity contribution in [1.82, 2.24) is 15.1 Å². The number of nitrogens with two attached hydrogens (primary N) is 1. The molecule has 16 heavy (non-hydrogen) atoms. The summed E-state index contributed by atoms with van der Waals surface area (Å²) >= 11 is 5.91. The van der Waals surface area contributed by atoms with Crippen LogP contribution in [0.3, 0.4) is 0 Å². The molecule has 0 aromatic carbocycles. The minimum atomic E-state index is 0.243. The Balaban J connectivity index is 2.07. The van der Waals surface area contributed by atoms with Crippen LogP contribution < -0.4 is 11.1 Å². The number of hydrogen-bond acceptors (Lipinski definition) is 6. The fourth-order valence-electron chi connectivity index (χ4n) is 1.18. The fourth-order valence-corrected chi connectivity index (χ4v) is 1.34. The molecule has 2 heterocycles. The fraction of sp³-hybridized carbons (Fsp3) is 0.222. The zero-order chi connectivity index (χ0) is 11.5. The van der Waals surface area contributed by atoms with Crippen molar-refractivity contribution in [2.24, 2.45) is 0 Å². The number of hydrogen-bond donors (Lipinski definition) is 2. The van der Waals surface area contributed by atoms with Crippen molar-refractivity contribution in [1.29, 1.82) is 0 Å². The molecular formula is C9H10ClN5O. The van der Waals surface area contributed by atoms with Gasteiger partial charge >= 0.3 is 0 Å². The SMILES string of the molecule is Cc1cc(CNc2ncnc(N)c2Cl)on1. The van der Waals surface area contributed by atoms with E-state index in [4.69, 9.17) is 21.9 Å². The Labute approximate surface area is 96.8 Å². The molecule has 7 heteroatoms. The number of anilines is 2. The Morgan fingerprint density at radius 1 is 1.50 bits per heavy atom. The van der Waals surface area contributed by atoms with E-state index in [1.165, 1.54) is 6.33 Å². The smallest absolute Gasteiger partial charge is 0.156 e. The van der Waals surface area contributed by atoms with Crippen molar-refractivity contribution >= 4 is 23.2 Å². The van der Waals surface area contributed by atoms with Crippen molar-refractivity contribution in [3.63, 3.8) is 0 Å². The van der Waals surface area contributed by atoms with Crippen LogP contribution in [0.15, 0.2) is 16.9 Å². The van der Waals surface area contributed by atoms with Gasteiger partial charge in [-0.05, 0) is 6.92 Å². The predicted molar refractivity (Wildman–Crippen MR) is 60.0 cm³/mol. The highest BCUT2D eigenvalue weighted by Gasteiger charge is 2.07. The minimum Gasteiger partial charge on any atom is -0.382 e. The molecule has 2 aromatic heterocycles. The van der Waals surface area contributed by atoms with Crippen molar-refractivity contribution in [2.45, 2.75) is 13.5 Å². The Kier molecular flexibility index (Phi) is 2.91. The second kappa shape index (κ2) is 4.36. The molecule has 0 unspecified atom stereocenters. The molecule has 0 saturated heterocycles. The molecular weight excluding hydrogens is 230 g/mol. The minimum absolute atomic E-state index is 0.243. The van der Waals surface area contributed by atoms with Crippen LogP contribution in [0.25, 0.3) is 0 Å². The van der Waals surface area contributed by atoms with Gasteiger partial charge in [0.15, 0.2) is 11.6 Å². The number of aryl methyl sites for hydroxylation is 1. The molecule has 2 aromatic rings. The molecule has 0 spiro atoms. The van der Waals surface area contributed by atoms with Gasteiger partial charge in [-0.2, -0.15) is 0 Å². The van der Waals surface area contributed by atoms with Crippen LogP contribution in [0, 0.1) is 6.92 Å². The number of nitrogens with one attached hydrogen (secondary N) is 1. The summed E-state index contributed by atoms with van der Waals surface area (Å²) in [4.78, 5) is 7.72. The summed E-state index contributed by atoms with van der Waals surface area (Å²) in [6.07, 6.45) is 1.34. The molecule has 0 aliphatic carbocycles. The average Bonchev–Trinajstić information content (AvgIpc) is 2.67. The molecule has 0 radical (unpaired) electrons. The average molecular weight is 240 g/mol. The van der Waals surface area contributed by atoms with Gasteiger partial charge in [0.05, 0.1) is 12.2 Å². The van der Waals surface area contributed by atoms with Gasteiger partial charge in [-0.1, -0.05) is 16.8 Å². The van der Waals surface area contributed by atoms with Crippen LogP contribution in [0.5, 0.6) is 0 Å². The Bertz CT molecular complexity index is 498. The van der Waals surface area contributed by atoms with Gasteiger partial charge in [0.2, 0.25) is 0 Å². The van der Waals surface area contributed by atoms with Gasteiger partial charge in [-0.25, -0.2) is 9.97 Å². The highest BCUT2D eigenvalue weighted by atomic mass is 35.5. The van der Waals surface area contributed by atoms with Gasteiger partial charge in [0.1, 0.15) is 17.2 Å². The van der Waals surface area contributed by atoms with Crippen molar-refractivity contribution in [3.8, 4) is 0 Å². The van der Waals surface area contributed by atoms with Crippen molar-refractivity contribution in [3.05, 3.63) is 28.9 Å². The predicted octanol–water partition coefficient (Wildman–Crippen LogP) is 1.62. The Morgan fingerprint density at radius 2 is 2.31 bits per heavy atom. The normalized spacial score (nSPS) is 10.4. The molecule has 0 atom stereocenters. The summed E-state index contributed by atoms with van der Waals surface area (Å²) in [5.41, 5.74) is 6.36. The van der Waals surface area contributed by atoms with E-state index in [1.807, 2.05) is 13.0 Å². The third-order valence-electron chi connectivity index (χ3n) is 1.92. The quantitative estimate of drug-likeness (QED) is 0.846. The summed E-state index contributed by atoms with van der Waals surface area (Å²) in [7, 11) is 0. The van der Waals surface area contributed by atoms with Gasteiger partial charge < -0.3 is 15.6 Å². The Hall–Kier alpha value is -1.82. The first-order chi connectivity index (χ1) is 7.66. The lowest BCUT2D eigenvalue weighted by Gasteiger charge is -2.05. The number of nitrogens with zero attached hydrogens (tertiary/aromatic N) is 3. The number of nitrogen functional groups attached to an aromatic ring is 1. The van der Waals surface area contributed by atoms with Crippen LogP contribution in [-0.2, 0) is 6.54 Å². The lowest BCUT2D eigenvalue weighted by Crippen LogP contribution is -2.03. The summed E-state index contributed by atoms with van der Waals surface area (Å²) < 4.78 is 5.03. The van der Waals surface area contributed by atoms with Gasteiger partial charge in [-0.15, -0.1) is 0 Å². The summed E-state index contributed by atoms with van der Waals surface area (Å²) in [6, 6.07) is 1.82. The maximum atomic E-state index is 5.91. The largest absolute Gasteiger partial charge is 0.382 e. The molecule has 0 saturated carbocycles. The van der Waals surface area contributed by atoms with Crippen LogP contribution in [0.2, 0.25) is 5.02 Å². The maximum absolute atomic E-state index is 5.91. The zero-order valence-corrected chi connectivity index (χ0v) is 9.32. The van der Waals surface area contributed by atoms with Crippen molar-refractivity contribution in [2.75, 3.05) is 11.1 Å². The lowest BCUT2D eigenvalue weighted by atomic mass is 10.4. The van der Waals surface area contributed by atoms with E-state index in [9.17, 15) is 0 Å². The van der Waals surface area contributed by atoms with Crippen LogP contribution in [0.4, 0.5) is 11.6 Å². The molecule has 6 nitrogen and oxygen atoms in total. The van der Waals surface area contributed by atoms with Gasteiger partial charge in [-0.3, -0.25) is 0 Å².